The normalized spacial score (nSPS) is 23.2. The minimum atomic E-state index is 0. The van der Waals surface area contributed by atoms with Gasteiger partial charge in [0.15, 0.2) is 0 Å². The monoisotopic (exact) mass is 368 g/mol. The molecule has 0 spiro atoms. The van der Waals surface area contributed by atoms with Crippen LogP contribution in [0.15, 0.2) is 36.7 Å². The quantitative estimate of drug-likeness (QED) is 0.902. The maximum absolute atomic E-state index is 4.31. The molecule has 0 radical (unpaired) electrons. The van der Waals surface area contributed by atoms with Crippen molar-refractivity contribution in [1.82, 2.24) is 20.0 Å². The van der Waals surface area contributed by atoms with E-state index in [1.165, 1.54) is 43.6 Å². The van der Waals surface area contributed by atoms with E-state index in [0.717, 1.165) is 18.2 Å². The first-order chi connectivity index (χ1) is 10.8. The number of aryl methyl sites for hydroxylation is 1. The van der Waals surface area contributed by atoms with Gasteiger partial charge in [-0.2, -0.15) is 5.10 Å². The molecule has 0 aliphatic carbocycles. The molecule has 2 bridgehead atoms. The molecule has 4 heterocycles. The average molecular weight is 369 g/mol. The molecule has 0 unspecified atom stereocenters. The SMILES string of the molecule is Cc1cc(-n2cccn2)ccc1CN1C[C@H]2CC[C@@H](C1)NC2.Cl.Cl. The van der Waals surface area contributed by atoms with E-state index in [1.807, 2.05) is 23.1 Å². The van der Waals surface area contributed by atoms with Crippen LogP contribution in [0.3, 0.4) is 0 Å². The van der Waals surface area contributed by atoms with Crippen molar-refractivity contribution in [1.29, 1.82) is 0 Å². The van der Waals surface area contributed by atoms with Gasteiger partial charge in [-0.15, -0.1) is 24.8 Å². The van der Waals surface area contributed by atoms with Gasteiger partial charge in [0.25, 0.3) is 0 Å². The van der Waals surface area contributed by atoms with E-state index in [2.05, 4.69) is 40.4 Å². The number of nitrogens with zero attached hydrogens (tertiary/aromatic N) is 3. The van der Waals surface area contributed by atoms with Crippen molar-refractivity contribution in [3.05, 3.63) is 47.8 Å². The highest BCUT2D eigenvalue weighted by atomic mass is 35.5. The topological polar surface area (TPSA) is 33.1 Å². The Kier molecular flexibility index (Phi) is 6.70. The summed E-state index contributed by atoms with van der Waals surface area (Å²) >= 11 is 0. The lowest BCUT2D eigenvalue weighted by Gasteiger charge is -2.23. The molecule has 1 aromatic heterocycles. The van der Waals surface area contributed by atoms with Crippen molar-refractivity contribution in [2.75, 3.05) is 19.6 Å². The fourth-order valence-corrected chi connectivity index (χ4v) is 3.83. The minimum absolute atomic E-state index is 0. The minimum Gasteiger partial charge on any atom is -0.312 e. The second-order valence-corrected chi connectivity index (χ2v) is 6.80. The van der Waals surface area contributed by atoms with E-state index in [1.54, 1.807) is 0 Å². The summed E-state index contributed by atoms with van der Waals surface area (Å²) in [5.41, 5.74) is 3.94. The summed E-state index contributed by atoms with van der Waals surface area (Å²) in [5, 5.41) is 8.00. The van der Waals surface area contributed by atoms with Crippen molar-refractivity contribution in [3.63, 3.8) is 0 Å². The van der Waals surface area contributed by atoms with Gasteiger partial charge in [-0.05, 0) is 61.6 Å². The van der Waals surface area contributed by atoms with Crippen LogP contribution in [-0.4, -0.2) is 40.4 Å². The number of halogens is 2. The van der Waals surface area contributed by atoms with E-state index < -0.39 is 0 Å². The summed E-state index contributed by atoms with van der Waals surface area (Å²) < 4.78 is 1.92. The lowest BCUT2D eigenvalue weighted by Crippen LogP contribution is -2.39. The highest BCUT2D eigenvalue weighted by Crippen LogP contribution is 2.24. The summed E-state index contributed by atoms with van der Waals surface area (Å²) in [6.45, 7) is 6.92. The van der Waals surface area contributed by atoms with Gasteiger partial charge in [-0.25, -0.2) is 4.68 Å². The van der Waals surface area contributed by atoms with Gasteiger partial charge in [0.2, 0.25) is 0 Å². The highest BCUT2D eigenvalue weighted by molar-refractivity contribution is 5.85. The van der Waals surface area contributed by atoms with Crippen LogP contribution in [0.25, 0.3) is 5.69 Å². The average Bonchev–Trinajstić information content (AvgIpc) is 2.91. The van der Waals surface area contributed by atoms with E-state index in [4.69, 9.17) is 0 Å². The number of nitrogens with one attached hydrogen (secondary N) is 1. The summed E-state index contributed by atoms with van der Waals surface area (Å²) in [6, 6.07) is 9.35. The Labute approximate surface area is 156 Å². The zero-order valence-corrected chi connectivity index (χ0v) is 15.7. The third kappa shape index (κ3) is 4.12. The number of hydrogen-bond acceptors (Lipinski definition) is 3. The summed E-state index contributed by atoms with van der Waals surface area (Å²) in [6.07, 6.45) is 6.56. The molecule has 3 fully saturated rings. The zero-order chi connectivity index (χ0) is 14.9. The summed E-state index contributed by atoms with van der Waals surface area (Å²) in [5.74, 6) is 0.836. The maximum Gasteiger partial charge on any atom is 0.0648 e. The molecule has 3 saturated heterocycles. The third-order valence-corrected chi connectivity index (χ3v) is 5.10. The number of benzene rings is 1. The molecule has 6 heteroatoms. The lowest BCUT2D eigenvalue weighted by atomic mass is 9.97. The molecule has 1 N–H and O–H groups in total. The van der Waals surface area contributed by atoms with Gasteiger partial charge in [-0.3, -0.25) is 4.90 Å². The van der Waals surface area contributed by atoms with Crippen LogP contribution in [0.2, 0.25) is 0 Å². The molecular weight excluding hydrogens is 343 g/mol. The van der Waals surface area contributed by atoms with Gasteiger partial charge < -0.3 is 5.32 Å². The molecule has 3 aliphatic rings. The van der Waals surface area contributed by atoms with Crippen molar-refractivity contribution in [2.24, 2.45) is 5.92 Å². The van der Waals surface area contributed by atoms with Gasteiger partial charge in [-0.1, -0.05) is 6.07 Å². The second-order valence-electron chi connectivity index (χ2n) is 6.80. The smallest absolute Gasteiger partial charge is 0.0648 e. The van der Waals surface area contributed by atoms with Crippen LogP contribution >= 0.6 is 24.8 Å². The Bertz CT molecular complexity index is 622. The van der Waals surface area contributed by atoms with Crippen molar-refractivity contribution < 1.29 is 0 Å². The summed E-state index contributed by atoms with van der Waals surface area (Å²) in [4.78, 5) is 2.64. The molecule has 2 aromatic rings. The van der Waals surface area contributed by atoms with E-state index in [0.29, 0.717) is 6.04 Å². The number of hydrogen-bond donors (Lipinski definition) is 1. The Hall–Kier alpha value is -1.07. The second kappa shape index (κ2) is 8.34. The van der Waals surface area contributed by atoms with E-state index in [9.17, 15) is 0 Å². The largest absolute Gasteiger partial charge is 0.312 e. The third-order valence-electron chi connectivity index (χ3n) is 5.10. The predicted molar refractivity (Wildman–Crippen MR) is 103 cm³/mol. The molecular formula is C18H26Cl2N4. The zero-order valence-electron chi connectivity index (χ0n) is 14.0. The van der Waals surface area contributed by atoms with Crippen LogP contribution in [0, 0.1) is 12.8 Å². The van der Waals surface area contributed by atoms with Gasteiger partial charge in [0.1, 0.15) is 0 Å². The number of piperidine rings is 1. The van der Waals surface area contributed by atoms with Crippen molar-refractivity contribution >= 4 is 24.8 Å². The molecule has 0 amide bonds. The molecule has 0 saturated carbocycles. The highest BCUT2D eigenvalue weighted by Gasteiger charge is 2.28. The Balaban J connectivity index is 0.00000104. The Morgan fingerprint density at radius 2 is 2.08 bits per heavy atom. The molecule has 4 nitrogen and oxygen atoms in total. The van der Waals surface area contributed by atoms with Crippen molar-refractivity contribution in [3.8, 4) is 5.69 Å². The molecule has 2 atom stereocenters. The lowest BCUT2D eigenvalue weighted by molar-refractivity contribution is 0.255. The number of rotatable bonds is 3. The fourth-order valence-electron chi connectivity index (χ4n) is 3.83. The van der Waals surface area contributed by atoms with Gasteiger partial charge >= 0.3 is 0 Å². The van der Waals surface area contributed by atoms with Crippen molar-refractivity contribution in [2.45, 2.75) is 32.4 Å². The molecule has 24 heavy (non-hydrogen) atoms. The van der Waals surface area contributed by atoms with Gasteiger partial charge in [0.05, 0.1) is 5.69 Å². The van der Waals surface area contributed by atoms with Crippen LogP contribution in [0.5, 0.6) is 0 Å². The Morgan fingerprint density at radius 1 is 1.21 bits per heavy atom. The fraction of sp³-hybridized carbons (Fsp3) is 0.500. The molecule has 132 valence electrons. The number of aromatic nitrogens is 2. The predicted octanol–water partition coefficient (Wildman–Crippen LogP) is 3.21. The first-order valence-corrected chi connectivity index (χ1v) is 8.33. The van der Waals surface area contributed by atoms with Gasteiger partial charge in [0, 0.05) is 38.1 Å². The van der Waals surface area contributed by atoms with E-state index in [-0.39, 0.29) is 24.8 Å². The first-order valence-electron chi connectivity index (χ1n) is 8.33. The number of fused-ring (bicyclic) bond motifs is 4. The van der Waals surface area contributed by atoms with Crippen LogP contribution in [0.4, 0.5) is 0 Å². The first kappa shape index (κ1) is 19.3. The van der Waals surface area contributed by atoms with Crippen LogP contribution < -0.4 is 5.32 Å². The standard InChI is InChI=1S/C18H24N4.2ClH/c1-14-9-18(22-8-2-7-20-22)6-4-16(14)12-21-11-15-3-5-17(13-21)19-10-15;;/h2,4,6-9,15,17,19H,3,5,10-13H2,1H3;2*1H/t15-,17-;;/m0../s1. The molecule has 1 aromatic carbocycles. The van der Waals surface area contributed by atoms with Crippen LogP contribution in [-0.2, 0) is 6.54 Å². The Morgan fingerprint density at radius 3 is 2.75 bits per heavy atom. The van der Waals surface area contributed by atoms with E-state index >= 15 is 0 Å². The summed E-state index contributed by atoms with van der Waals surface area (Å²) in [7, 11) is 0. The molecule has 3 aliphatic heterocycles. The maximum atomic E-state index is 4.31. The molecule has 5 rings (SSSR count). The van der Waals surface area contributed by atoms with Crippen LogP contribution in [0.1, 0.15) is 24.0 Å².